The molecule has 1 amide bonds. The number of hydrogen-bond donors (Lipinski definition) is 1. The average Bonchev–Trinajstić information content (AvgIpc) is 2.62. The zero-order valence-corrected chi connectivity index (χ0v) is 15.4. The number of ether oxygens (including phenoxy) is 1. The van der Waals surface area contributed by atoms with Crippen molar-refractivity contribution in [3.8, 4) is 5.75 Å². The van der Waals surface area contributed by atoms with Gasteiger partial charge in [-0.2, -0.15) is 0 Å². The van der Waals surface area contributed by atoms with E-state index in [9.17, 15) is 9.59 Å². The number of hydrogen-bond acceptors (Lipinski definition) is 4. The van der Waals surface area contributed by atoms with Gasteiger partial charge in [-0.1, -0.05) is 11.6 Å². The molecule has 0 fully saturated rings. The molecule has 26 heavy (non-hydrogen) atoms. The van der Waals surface area contributed by atoms with E-state index in [0.717, 1.165) is 10.9 Å². The highest BCUT2D eigenvalue weighted by molar-refractivity contribution is 6.30. The summed E-state index contributed by atoms with van der Waals surface area (Å²) in [6.45, 7) is 5.26. The van der Waals surface area contributed by atoms with Gasteiger partial charge in [0.05, 0.1) is 0 Å². The van der Waals surface area contributed by atoms with Gasteiger partial charge >= 0.3 is 5.63 Å². The number of carbonyl (C=O) groups is 1. The highest BCUT2D eigenvalue weighted by Gasteiger charge is 2.13. The molecule has 0 aliphatic rings. The molecule has 1 N–H and O–H groups in total. The fraction of sp³-hybridized carbons (Fsp3) is 0.200. The lowest BCUT2D eigenvalue weighted by Crippen LogP contribution is -2.20. The van der Waals surface area contributed by atoms with Gasteiger partial charge in [0.2, 0.25) is 0 Å². The number of aryl methyl sites for hydroxylation is 2. The van der Waals surface area contributed by atoms with Crippen molar-refractivity contribution in [2.45, 2.75) is 20.8 Å². The fourth-order valence-electron chi connectivity index (χ4n) is 2.65. The third-order valence-corrected chi connectivity index (χ3v) is 4.56. The summed E-state index contributed by atoms with van der Waals surface area (Å²) in [6, 6.07) is 10.4. The van der Waals surface area contributed by atoms with Crippen LogP contribution >= 0.6 is 11.6 Å². The van der Waals surface area contributed by atoms with Gasteiger partial charge in [0, 0.05) is 27.2 Å². The lowest BCUT2D eigenvalue weighted by Gasteiger charge is -2.12. The van der Waals surface area contributed by atoms with Crippen molar-refractivity contribution < 1.29 is 13.9 Å². The topological polar surface area (TPSA) is 68.5 Å². The summed E-state index contributed by atoms with van der Waals surface area (Å²) in [5.74, 6) is 0.198. The largest absolute Gasteiger partial charge is 0.483 e. The van der Waals surface area contributed by atoms with Crippen LogP contribution in [0, 0.1) is 20.8 Å². The van der Waals surface area contributed by atoms with Crippen LogP contribution < -0.4 is 15.7 Å². The van der Waals surface area contributed by atoms with Crippen LogP contribution in [0.5, 0.6) is 5.75 Å². The van der Waals surface area contributed by atoms with Gasteiger partial charge in [-0.3, -0.25) is 4.79 Å². The van der Waals surface area contributed by atoms with E-state index in [1.807, 2.05) is 13.0 Å². The molecule has 1 aromatic heterocycles. The second-order valence-electron chi connectivity index (χ2n) is 6.05. The zero-order chi connectivity index (χ0) is 18.8. The predicted octanol–water partition coefficient (Wildman–Crippen LogP) is 4.39. The predicted molar refractivity (Wildman–Crippen MR) is 102 cm³/mol. The van der Waals surface area contributed by atoms with E-state index in [2.05, 4.69) is 5.32 Å². The molecule has 0 spiro atoms. The summed E-state index contributed by atoms with van der Waals surface area (Å²) >= 11 is 5.82. The molecule has 0 saturated carbocycles. The second-order valence-corrected chi connectivity index (χ2v) is 6.49. The molecule has 0 unspecified atom stereocenters. The Hall–Kier alpha value is -2.79. The van der Waals surface area contributed by atoms with Gasteiger partial charge in [0.15, 0.2) is 6.61 Å². The van der Waals surface area contributed by atoms with Crippen LogP contribution in [0.4, 0.5) is 5.69 Å². The first-order valence-electron chi connectivity index (χ1n) is 8.08. The van der Waals surface area contributed by atoms with E-state index in [1.165, 1.54) is 0 Å². The van der Waals surface area contributed by atoms with Crippen molar-refractivity contribution in [1.82, 2.24) is 0 Å². The molecule has 3 rings (SSSR count). The second kappa shape index (κ2) is 7.22. The molecule has 1 heterocycles. The van der Waals surface area contributed by atoms with Gasteiger partial charge in [0.1, 0.15) is 11.3 Å². The Bertz CT molecular complexity index is 1040. The number of anilines is 1. The fourth-order valence-corrected chi connectivity index (χ4v) is 2.78. The van der Waals surface area contributed by atoms with Crippen molar-refractivity contribution >= 4 is 34.2 Å². The number of fused-ring (bicyclic) bond motifs is 1. The first-order valence-corrected chi connectivity index (χ1v) is 8.46. The highest BCUT2D eigenvalue weighted by atomic mass is 35.5. The van der Waals surface area contributed by atoms with Gasteiger partial charge in [-0.15, -0.1) is 0 Å². The number of benzene rings is 2. The van der Waals surface area contributed by atoms with Gasteiger partial charge in [-0.25, -0.2) is 4.79 Å². The van der Waals surface area contributed by atoms with E-state index >= 15 is 0 Å². The van der Waals surface area contributed by atoms with Gasteiger partial charge in [0.25, 0.3) is 5.91 Å². The Morgan fingerprint density at radius 2 is 1.73 bits per heavy atom. The molecule has 0 radical (unpaired) electrons. The van der Waals surface area contributed by atoms with E-state index < -0.39 is 0 Å². The summed E-state index contributed by atoms with van der Waals surface area (Å²) in [6.07, 6.45) is 0. The highest BCUT2D eigenvalue weighted by Crippen LogP contribution is 2.29. The van der Waals surface area contributed by atoms with Crippen LogP contribution in [0.3, 0.4) is 0 Å². The smallest absolute Gasteiger partial charge is 0.339 e. The Morgan fingerprint density at radius 1 is 1.04 bits per heavy atom. The van der Waals surface area contributed by atoms with Crippen molar-refractivity contribution in [3.63, 3.8) is 0 Å². The molecule has 5 nitrogen and oxygen atoms in total. The minimum atomic E-state index is -0.365. The van der Waals surface area contributed by atoms with Crippen LogP contribution in [0.25, 0.3) is 11.0 Å². The summed E-state index contributed by atoms with van der Waals surface area (Å²) in [4.78, 5) is 24.0. The van der Waals surface area contributed by atoms with E-state index in [0.29, 0.717) is 33.2 Å². The summed E-state index contributed by atoms with van der Waals surface area (Å²) in [7, 11) is 0. The molecule has 0 saturated heterocycles. The number of rotatable bonds is 4. The summed E-state index contributed by atoms with van der Waals surface area (Å²) in [5.41, 5.74) is 2.90. The maximum Gasteiger partial charge on any atom is 0.339 e. The summed E-state index contributed by atoms with van der Waals surface area (Å²) < 4.78 is 11.0. The molecule has 134 valence electrons. The lowest BCUT2D eigenvalue weighted by molar-refractivity contribution is -0.118. The van der Waals surface area contributed by atoms with Crippen molar-refractivity contribution in [3.05, 3.63) is 68.5 Å². The SMILES string of the molecule is Cc1c(C)c2ccc(OCC(=O)Nc3ccc(Cl)cc3)c(C)c2oc1=O. The first kappa shape index (κ1) is 18.0. The van der Waals surface area contributed by atoms with Gasteiger partial charge < -0.3 is 14.5 Å². The first-order chi connectivity index (χ1) is 12.4. The normalized spacial score (nSPS) is 10.8. The van der Waals surface area contributed by atoms with Crippen molar-refractivity contribution in [1.29, 1.82) is 0 Å². The molecular weight excluding hydrogens is 354 g/mol. The minimum Gasteiger partial charge on any atom is -0.483 e. The molecule has 0 aliphatic carbocycles. The minimum absolute atomic E-state index is 0.163. The monoisotopic (exact) mass is 371 g/mol. The number of nitrogens with one attached hydrogen (secondary N) is 1. The summed E-state index contributed by atoms with van der Waals surface area (Å²) in [5, 5.41) is 4.18. The number of halogens is 1. The number of carbonyl (C=O) groups excluding carboxylic acids is 1. The zero-order valence-electron chi connectivity index (χ0n) is 14.7. The van der Waals surface area contributed by atoms with Gasteiger partial charge in [-0.05, 0) is 62.7 Å². The van der Waals surface area contributed by atoms with Crippen LogP contribution in [0.2, 0.25) is 5.02 Å². The molecule has 0 aliphatic heterocycles. The van der Waals surface area contributed by atoms with Crippen LogP contribution in [-0.2, 0) is 4.79 Å². The number of amides is 1. The third kappa shape index (κ3) is 3.58. The third-order valence-electron chi connectivity index (χ3n) is 4.31. The van der Waals surface area contributed by atoms with E-state index in [-0.39, 0.29) is 18.1 Å². The Labute approximate surface area is 155 Å². The van der Waals surface area contributed by atoms with Crippen molar-refractivity contribution in [2.75, 3.05) is 11.9 Å². The maximum absolute atomic E-state index is 12.1. The van der Waals surface area contributed by atoms with Crippen LogP contribution in [0.15, 0.2) is 45.6 Å². The van der Waals surface area contributed by atoms with E-state index in [4.69, 9.17) is 20.8 Å². The van der Waals surface area contributed by atoms with Crippen molar-refractivity contribution in [2.24, 2.45) is 0 Å². The Kier molecular flexibility index (Phi) is 5.00. The lowest BCUT2D eigenvalue weighted by atomic mass is 10.0. The molecule has 2 aromatic carbocycles. The Balaban J connectivity index is 1.77. The molecule has 0 bridgehead atoms. The molecule has 3 aromatic rings. The van der Waals surface area contributed by atoms with Crippen LogP contribution in [-0.4, -0.2) is 12.5 Å². The quantitative estimate of drug-likeness (QED) is 0.690. The molecular formula is C20H18ClNO4. The molecule has 0 atom stereocenters. The van der Waals surface area contributed by atoms with E-state index in [1.54, 1.807) is 44.2 Å². The standard InChI is InChI=1S/C20H18ClNO4/c1-11-12(2)20(24)26-19-13(3)17(9-8-16(11)19)25-10-18(23)22-15-6-4-14(21)5-7-15/h4-9H,10H2,1-3H3,(H,22,23). The molecule has 6 heteroatoms. The van der Waals surface area contributed by atoms with Crippen LogP contribution in [0.1, 0.15) is 16.7 Å². The Morgan fingerprint density at radius 3 is 2.42 bits per heavy atom. The maximum atomic E-state index is 12.1. The average molecular weight is 372 g/mol.